The van der Waals surface area contributed by atoms with E-state index >= 15 is 0 Å². The molecule has 6 nitrogen and oxygen atoms in total. The minimum absolute atomic E-state index is 0.213. The molecule has 0 bridgehead atoms. The minimum atomic E-state index is -1.44. The van der Waals surface area contributed by atoms with Crippen molar-refractivity contribution in [3.63, 3.8) is 0 Å². The number of carboxylic acids is 1. The lowest BCUT2D eigenvalue weighted by molar-refractivity contribution is -0.875. The van der Waals surface area contributed by atoms with Crippen molar-refractivity contribution in [1.82, 2.24) is 0 Å². The average molecular weight is 219 g/mol. The van der Waals surface area contributed by atoms with Crippen molar-refractivity contribution in [2.24, 2.45) is 5.90 Å². The Morgan fingerprint density at radius 2 is 1.87 bits per heavy atom. The molecule has 0 saturated carbocycles. The molecule has 15 heavy (non-hydrogen) atoms. The Morgan fingerprint density at radius 3 is 2.07 bits per heavy atom. The molecule has 0 aromatic rings. The van der Waals surface area contributed by atoms with Gasteiger partial charge in [0.2, 0.25) is 5.60 Å². The second-order valence-electron chi connectivity index (χ2n) is 4.69. The maximum atomic E-state index is 11.4. The minimum Gasteiger partial charge on any atom is -0.481 e. The van der Waals surface area contributed by atoms with E-state index in [1.54, 1.807) is 0 Å². The zero-order valence-electron chi connectivity index (χ0n) is 9.61. The average Bonchev–Trinajstić information content (AvgIpc) is 1.98. The SMILES string of the molecule is CC(=O)C(CC(=O)O)(C[N+](C)(C)C)ON. The number of carbonyl (C=O) groups excluding carboxylic acids is 1. The van der Waals surface area contributed by atoms with E-state index in [1.807, 2.05) is 21.1 Å². The number of aliphatic carboxylic acids is 1. The van der Waals surface area contributed by atoms with E-state index in [9.17, 15) is 9.59 Å². The lowest BCUT2D eigenvalue weighted by Crippen LogP contribution is -2.56. The Morgan fingerprint density at radius 1 is 1.40 bits per heavy atom. The third-order valence-corrected chi connectivity index (χ3v) is 2.03. The first kappa shape index (κ1) is 14.0. The number of likely N-dealkylation sites (N-methyl/N-ethyl adjacent to an activating group) is 1. The lowest BCUT2D eigenvalue weighted by Gasteiger charge is -2.34. The molecule has 1 atom stereocenters. The second-order valence-corrected chi connectivity index (χ2v) is 4.69. The van der Waals surface area contributed by atoms with Crippen molar-refractivity contribution in [3.8, 4) is 0 Å². The normalized spacial score (nSPS) is 15.8. The second kappa shape index (κ2) is 4.69. The summed E-state index contributed by atoms with van der Waals surface area (Å²) in [6.45, 7) is 1.50. The first-order valence-electron chi connectivity index (χ1n) is 4.54. The Labute approximate surface area is 89.2 Å². The summed E-state index contributed by atoms with van der Waals surface area (Å²) >= 11 is 0. The smallest absolute Gasteiger partial charge is 0.307 e. The summed E-state index contributed by atoms with van der Waals surface area (Å²) in [6.07, 6.45) is -0.422. The molecule has 0 radical (unpaired) electrons. The van der Waals surface area contributed by atoms with Crippen LogP contribution in [0.25, 0.3) is 0 Å². The van der Waals surface area contributed by atoms with Crippen LogP contribution in [-0.2, 0) is 14.4 Å². The highest BCUT2D eigenvalue weighted by Gasteiger charge is 2.44. The zero-order chi connectivity index (χ0) is 12.3. The predicted octanol–water partition coefficient (Wildman–Crippen LogP) is -0.615. The van der Waals surface area contributed by atoms with Gasteiger partial charge < -0.3 is 9.59 Å². The van der Waals surface area contributed by atoms with Crippen molar-refractivity contribution in [3.05, 3.63) is 0 Å². The van der Waals surface area contributed by atoms with Gasteiger partial charge in [-0.05, 0) is 6.92 Å². The summed E-state index contributed by atoms with van der Waals surface area (Å²) in [4.78, 5) is 26.7. The van der Waals surface area contributed by atoms with Crippen LogP contribution in [0.15, 0.2) is 0 Å². The number of carbonyl (C=O) groups is 2. The first-order valence-corrected chi connectivity index (χ1v) is 4.54. The monoisotopic (exact) mass is 219 g/mol. The van der Waals surface area contributed by atoms with Crippen molar-refractivity contribution in [2.45, 2.75) is 18.9 Å². The largest absolute Gasteiger partial charge is 0.481 e. The first-order chi connectivity index (χ1) is 6.63. The molecular weight excluding hydrogens is 200 g/mol. The molecular formula is C9H19N2O4+. The number of carboxylic acid groups (broad SMARTS) is 1. The molecule has 0 aromatic heterocycles. The van der Waals surface area contributed by atoms with Crippen LogP contribution in [0.1, 0.15) is 13.3 Å². The third-order valence-electron chi connectivity index (χ3n) is 2.03. The highest BCUT2D eigenvalue weighted by atomic mass is 16.6. The van der Waals surface area contributed by atoms with Crippen molar-refractivity contribution < 1.29 is 24.0 Å². The van der Waals surface area contributed by atoms with E-state index in [2.05, 4.69) is 4.84 Å². The predicted molar refractivity (Wildman–Crippen MR) is 53.8 cm³/mol. The fourth-order valence-electron chi connectivity index (χ4n) is 1.46. The van der Waals surface area contributed by atoms with Gasteiger partial charge in [0.15, 0.2) is 5.78 Å². The van der Waals surface area contributed by atoms with Crippen molar-refractivity contribution >= 4 is 11.8 Å². The van der Waals surface area contributed by atoms with Gasteiger partial charge in [0.1, 0.15) is 6.54 Å². The summed E-state index contributed by atoms with van der Waals surface area (Å²) in [5.74, 6) is 3.59. The van der Waals surface area contributed by atoms with Gasteiger partial charge in [0, 0.05) is 0 Å². The third kappa shape index (κ3) is 4.37. The fraction of sp³-hybridized carbons (Fsp3) is 0.778. The Kier molecular flexibility index (Phi) is 4.39. The van der Waals surface area contributed by atoms with Crippen LogP contribution in [0.2, 0.25) is 0 Å². The molecule has 0 heterocycles. The number of quaternary nitrogens is 1. The van der Waals surface area contributed by atoms with Gasteiger partial charge in [-0.1, -0.05) is 0 Å². The zero-order valence-corrected chi connectivity index (χ0v) is 9.61. The number of rotatable bonds is 6. The highest BCUT2D eigenvalue weighted by molar-refractivity contribution is 5.89. The summed E-state index contributed by atoms with van der Waals surface area (Å²) in [7, 11) is 5.50. The van der Waals surface area contributed by atoms with Gasteiger partial charge >= 0.3 is 5.97 Å². The van der Waals surface area contributed by atoms with Crippen molar-refractivity contribution in [2.75, 3.05) is 27.7 Å². The molecule has 3 N–H and O–H groups in total. The molecule has 0 aliphatic heterocycles. The van der Waals surface area contributed by atoms with E-state index in [-0.39, 0.29) is 12.3 Å². The van der Waals surface area contributed by atoms with E-state index in [0.717, 1.165) is 0 Å². The Bertz CT molecular complexity index is 259. The standard InChI is InChI=1S/C9H18N2O4/c1-7(12)9(15-10,5-8(13)14)6-11(2,3)4/h5-6,10H2,1-4H3/p+1. The number of Topliss-reactive ketones (excluding diaryl/α,β-unsaturated/α-hetero) is 1. The molecule has 0 aliphatic rings. The van der Waals surface area contributed by atoms with Gasteiger partial charge in [0.25, 0.3) is 0 Å². The van der Waals surface area contributed by atoms with Crippen LogP contribution >= 0.6 is 0 Å². The molecule has 0 saturated heterocycles. The highest BCUT2D eigenvalue weighted by Crippen LogP contribution is 2.19. The summed E-state index contributed by atoms with van der Waals surface area (Å²) in [6, 6.07) is 0. The molecule has 88 valence electrons. The number of hydrogen-bond acceptors (Lipinski definition) is 4. The van der Waals surface area contributed by atoms with E-state index < -0.39 is 18.0 Å². The maximum Gasteiger partial charge on any atom is 0.307 e. The van der Waals surface area contributed by atoms with Crippen LogP contribution in [0, 0.1) is 0 Å². The molecule has 0 fully saturated rings. The van der Waals surface area contributed by atoms with Crippen molar-refractivity contribution in [1.29, 1.82) is 0 Å². The molecule has 0 aliphatic carbocycles. The summed E-state index contributed by atoms with van der Waals surface area (Å²) in [5, 5.41) is 8.73. The molecule has 6 heteroatoms. The summed E-state index contributed by atoms with van der Waals surface area (Å²) in [5.41, 5.74) is -1.44. The number of nitrogens with zero attached hydrogens (tertiary/aromatic N) is 1. The topological polar surface area (TPSA) is 89.6 Å². The van der Waals surface area contributed by atoms with Crippen LogP contribution in [-0.4, -0.2) is 54.6 Å². The molecule has 0 rings (SSSR count). The Hall–Kier alpha value is -0.980. The molecule has 0 amide bonds. The van der Waals surface area contributed by atoms with Gasteiger partial charge in [0.05, 0.1) is 27.6 Å². The maximum absolute atomic E-state index is 11.4. The van der Waals surface area contributed by atoms with E-state index in [0.29, 0.717) is 4.48 Å². The molecule has 0 spiro atoms. The summed E-state index contributed by atoms with van der Waals surface area (Å²) < 4.78 is 0.393. The van der Waals surface area contributed by atoms with E-state index in [1.165, 1.54) is 6.92 Å². The molecule has 0 aromatic carbocycles. The van der Waals surface area contributed by atoms with Gasteiger partial charge in [-0.3, -0.25) is 14.4 Å². The van der Waals surface area contributed by atoms with Crippen LogP contribution in [0.3, 0.4) is 0 Å². The van der Waals surface area contributed by atoms with E-state index in [4.69, 9.17) is 11.0 Å². The Balaban J connectivity index is 4.98. The molecule has 1 unspecified atom stereocenters. The van der Waals surface area contributed by atoms with Crippen LogP contribution < -0.4 is 5.90 Å². The number of ketones is 1. The number of hydrogen-bond donors (Lipinski definition) is 2. The fourth-order valence-corrected chi connectivity index (χ4v) is 1.46. The van der Waals surface area contributed by atoms with Gasteiger partial charge in [-0.25, -0.2) is 5.90 Å². The quantitative estimate of drug-likeness (QED) is 0.459. The van der Waals surface area contributed by atoms with Crippen LogP contribution in [0.5, 0.6) is 0 Å². The van der Waals surface area contributed by atoms with Gasteiger partial charge in [-0.2, -0.15) is 0 Å². The lowest BCUT2D eigenvalue weighted by atomic mass is 9.94. The number of nitrogens with two attached hydrogens (primary N) is 1. The van der Waals surface area contributed by atoms with Gasteiger partial charge in [-0.15, -0.1) is 0 Å². The van der Waals surface area contributed by atoms with Crippen LogP contribution in [0.4, 0.5) is 0 Å².